The summed E-state index contributed by atoms with van der Waals surface area (Å²) < 4.78 is 55.2. The van der Waals surface area contributed by atoms with Crippen molar-refractivity contribution in [3.05, 3.63) is 88.5 Å². The van der Waals surface area contributed by atoms with Crippen LogP contribution >= 0.6 is 0 Å². The van der Waals surface area contributed by atoms with Gasteiger partial charge in [-0.2, -0.15) is 13.2 Å². The summed E-state index contributed by atoms with van der Waals surface area (Å²) in [5.41, 5.74) is 2.64. The minimum Gasteiger partial charge on any atom is -0.492 e. The molecule has 0 fully saturated rings. The number of anilines is 1. The second-order valence-electron chi connectivity index (χ2n) is 8.66. The lowest BCUT2D eigenvalue weighted by Gasteiger charge is -2.17. The molecule has 0 N–H and O–H groups in total. The number of fused-ring (bicyclic) bond motifs is 2. The third kappa shape index (κ3) is 4.48. The van der Waals surface area contributed by atoms with E-state index in [1.807, 2.05) is 12.1 Å². The van der Waals surface area contributed by atoms with Gasteiger partial charge in [0.25, 0.3) is 5.91 Å². The molecule has 0 bridgehead atoms. The highest BCUT2D eigenvalue weighted by molar-refractivity contribution is 6.10. The molecule has 0 aromatic heterocycles. The number of methoxy groups -OCH3 is 1. The van der Waals surface area contributed by atoms with E-state index in [1.54, 1.807) is 24.3 Å². The highest BCUT2D eigenvalue weighted by atomic mass is 19.4. The molecule has 2 heterocycles. The molecule has 36 heavy (non-hydrogen) atoms. The first kappa shape index (κ1) is 23.7. The maximum atomic E-state index is 13.0. The third-order valence-corrected chi connectivity index (χ3v) is 6.47. The zero-order valence-corrected chi connectivity index (χ0v) is 19.3. The van der Waals surface area contributed by atoms with E-state index in [9.17, 15) is 22.8 Å². The molecule has 0 saturated heterocycles. The first-order valence-electron chi connectivity index (χ1n) is 11.3. The van der Waals surface area contributed by atoms with Gasteiger partial charge in [-0.05, 0) is 47.5 Å². The number of amides is 1. The van der Waals surface area contributed by atoms with Crippen molar-refractivity contribution in [3.8, 4) is 11.5 Å². The van der Waals surface area contributed by atoms with Crippen LogP contribution < -0.4 is 14.4 Å². The highest BCUT2D eigenvalue weighted by Gasteiger charge is 2.33. The molecule has 2 aliphatic heterocycles. The Balaban J connectivity index is 1.29. The number of halogens is 3. The molecule has 0 unspecified atom stereocenters. The fourth-order valence-corrected chi connectivity index (χ4v) is 4.53. The molecule has 2 aliphatic rings. The number of ether oxygens (including phenoxy) is 3. The number of esters is 1. The van der Waals surface area contributed by atoms with Gasteiger partial charge in [0.2, 0.25) is 0 Å². The molecule has 9 heteroatoms. The summed E-state index contributed by atoms with van der Waals surface area (Å²) in [7, 11) is 1.35. The van der Waals surface area contributed by atoms with Crippen molar-refractivity contribution in [1.82, 2.24) is 0 Å². The number of hydrogen-bond acceptors (Lipinski definition) is 5. The normalized spacial score (nSPS) is 16.4. The molecule has 186 valence electrons. The van der Waals surface area contributed by atoms with Crippen LogP contribution in [0, 0.1) is 0 Å². The van der Waals surface area contributed by atoms with Crippen molar-refractivity contribution in [1.29, 1.82) is 0 Å². The number of rotatable bonds is 6. The largest absolute Gasteiger partial charge is 0.492 e. The van der Waals surface area contributed by atoms with Gasteiger partial charge in [-0.25, -0.2) is 0 Å². The minimum absolute atomic E-state index is 0.0684. The Morgan fingerprint density at radius 1 is 1.11 bits per heavy atom. The van der Waals surface area contributed by atoms with E-state index < -0.39 is 11.7 Å². The zero-order valence-electron chi connectivity index (χ0n) is 19.3. The van der Waals surface area contributed by atoms with Crippen molar-refractivity contribution in [2.75, 3.05) is 18.6 Å². The quantitative estimate of drug-likeness (QED) is 0.422. The van der Waals surface area contributed by atoms with Crippen LogP contribution in [-0.2, 0) is 28.9 Å². The smallest absolute Gasteiger partial charge is 0.416 e. The number of benzene rings is 3. The first-order valence-corrected chi connectivity index (χ1v) is 11.3. The average Bonchev–Trinajstić information content (AvgIpc) is 3.43. The fraction of sp³-hybridized carbons (Fsp3) is 0.259. The number of carbonyl (C=O) groups excluding carboxylic acids is 2. The maximum absolute atomic E-state index is 13.0. The molecule has 1 amide bonds. The van der Waals surface area contributed by atoms with Gasteiger partial charge < -0.3 is 19.1 Å². The molecule has 5 rings (SSSR count). The van der Waals surface area contributed by atoms with Crippen LogP contribution in [0.15, 0.2) is 60.7 Å². The average molecular weight is 497 g/mol. The summed E-state index contributed by atoms with van der Waals surface area (Å²) in [6.07, 6.45) is -4.20. The molecule has 0 aliphatic carbocycles. The van der Waals surface area contributed by atoms with Crippen LogP contribution in [-0.4, -0.2) is 25.6 Å². The van der Waals surface area contributed by atoms with Crippen LogP contribution in [0.2, 0.25) is 0 Å². The molecule has 0 radical (unpaired) electrons. The Bertz CT molecular complexity index is 1320. The Morgan fingerprint density at radius 2 is 1.89 bits per heavy atom. The molecule has 6 nitrogen and oxygen atoms in total. The van der Waals surface area contributed by atoms with Gasteiger partial charge in [-0.3, -0.25) is 9.59 Å². The summed E-state index contributed by atoms with van der Waals surface area (Å²) in [5, 5.41) is 0. The lowest BCUT2D eigenvalue weighted by Crippen LogP contribution is -2.23. The van der Waals surface area contributed by atoms with Gasteiger partial charge in [0, 0.05) is 28.8 Å². The standard InChI is InChI=1S/C27H22F3NO5/c1-34-25(32)11-17-15-36-24-12-20(9-10-21(17)24)35-14-16-3-2-4-22-23(16)13-31(26(22)33)19-7-5-18(6-8-19)27(28,29)30/h2-10,12,17H,11,13-15H2,1H3/t17-/m1/s1. The zero-order chi connectivity index (χ0) is 25.4. The second kappa shape index (κ2) is 9.22. The van der Waals surface area contributed by atoms with Gasteiger partial charge >= 0.3 is 12.1 Å². The topological polar surface area (TPSA) is 65.1 Å². The number of alkyl halides is 3. The summed E-state index contributed by atoms with van der Waals surface area (Å²) in [5.74, 6) is 0.599. The predicted molar refractivity (Wildman–Crippen MR) is 124 cm³/mol. The highest BCUT2D eigenvalue weighted by Crippen LogP contribution is 2.39. The Labute approximate surface area is 205 Å². The number of nitrogens with zero attached hydrogens (tertiary/aromatic N) is 1. The Kier molecular flexibility index (Phi) is 6.07. The van der Waals surface area contributed by atoms with E-state index in [0.717, 1.165) is 28.8 Å². The van der Waals surface area contributed by atoms with Crippen molar-refractivity contribution in [3.63, 3.8) is 0 Å². The van der Waals surface area contributed by atoms with Gasteiger partial charge in [0.1, 0.15) is 18.1 Å². The van der Waals surface area contributed by atoms with Crippen molar-refractivity contribution in [2.45, 2.75) is 31.7 Å². The minimum atomic E-state index is -4.44. The van der Waals surface area contributed by atoms with Gasteiger partial charge in [-0.15, -0.1) is 0 Å². The SMILES string of the molecule is COC(=O)C[C@@H]1COc2cc(OCc3cccc4c3CN(c3ccc(C(F)(F)F)cc3)C4=O)ccc21. The Morgan fingerprint density at radius 3 is 2.61 bits per heavy atom. The molecular weight excluding hydrogens is 475 g/mol. The van der Waals surface area contributed by atoms with Crippen LogP contribution in [0.3, 0.4) is 0 Å². The molecular formula is C27H22F3NO5. The van der Waals surface area contributed by atoms with Gasteiger partial charge in [0.15, 0.2) is 0 Å². The lowest BCUT2D eigenvalue weighted by atomic mass is 9.98. The van der Waals surface area contributed by atoms with E-state index in [1.165, 1.54) is 24.1 Å². The monoisotopic (exact) mass is 497 g/mol. The number of carbonyl (C=O) groups is 2. The number of hydrogen-bond donors (Lipinski definition) is 0. The van der Waals surface area contributed by atoms with E-state index in [-0.39, 0.29) is 37.4 Å². The molecule has 1 atom stereocenters. The molecule has 0 spiro atoms. The fourth-order valence-electron chi connectivity index (χ4n) is 4.53. The van der Waals surface area contributed by atoms with Gasteiger partial charge in [0.05, 0.1) is 32.2 Å². The summed E-state index contributed by atoms with van der Waals surface area (Å²) >= 11 is 0. The van der Waals surface area contributed by atoms with E-state index in [0.29, 0.717) is 29.4 Å². The summed E-state index contributed by atoms with van der Waals surface area (Å²) in [6.45, 7) is 0.825. The van der Waals surface area contributed by atoms with Crippen LogP contribution in [0.4, 0.5) is 18.9 Å². The summed E-state index contributed by atoms with van der Waals surface area (Å²) in [6, 6.07) is 15.3. The van der Waals surface area contributed by atoms with Crippen LogP contribution in [0.25, 0.3) is 0 Å². The van der Waals surface area contributed by atoms with Crippen LogP contribution in [0.5, 0.6) is 11.5 Å². The summed E-state index contributed by atoms with van der Waals surface area (Å²) in [4.78, 5) is 26.0. The maximum Gasteiger partial charge on any atom is 0.416 e. The van der Waals surface area contributed by atoms with E-state index >= 15 is 0 Å². The third-order valence-electron chi connectivity index (χ3n) is 6.47. The molecule has 0 saturated carbocycles. The molecule has 3 aromatic rings. The second-order valence-corrected chi connectivity index (χ2v) is 8.66. The van der Waals surface area contributed by atoms with Crippen LogP contribution in [0.1, 0.15) is 45.0 Å². The van der Waals surface area contributed by atoms with E-state index in [4.69, 9.17) is 14.2 Å². The van der Waals surface area contributed by atoms with Crippen molar-refractivity contribution >= 4 is 17.6 Å². The van der Waals surface area contributed by atoms with Crippen molar-refractivity contribution < 1.29 is 37.0 Å². The van der Waals surface area contributed by atoms with Gasteiger partial charge in [-0.1, -0.05) is 18.2 Å². The molecule has 3 aromatic carbocycles. The van der Waals surface area contributed by atoms with Crippen molar-refractivity contribution in [2.24, 2.45) is 0 Å². The lowest BCUT2D eigenvalue weighted by molar-refractivity contribution is -0.141. The predicted octanol–water partition coefficient (Wildman–Crippen LogP) is 5.48. The van der Waals surface area contributed by atoms with E-state index in [2.05, 4.69) is 0 Å². The Hall–Kier alpha value is -4.01. The first-order chi connectivity index (χ1) is 17.2.